The Balaban J connectivity index is 2.49. The van der Waals surface area contributed by atoms with E-state index in [9.17, 15) is 22.4 Å². The van der Waals surface area contributed by atoms with Gasteiger partial charge in [0.15, 0.2) is 0 Å². The monoisotopic (exact) mass is 245 g/mol. The van der Waals surface area contributed by atoms with E-state index >= 15 is 0 Å². The molecule has 2 rings (SSSR count). The first-order valence-electron chi connectivity index (χ1n) is 4.85. The van der Waals surface area contributed by atoms with Crippen molar-refractivity contribution in [1.82, 2.24) is 0 Å². The quantitative estimate of drug-likeness (QED) is 0.447. The molecule has 0 aliphatic heterocycles. The molecule has 1 saturated carbocycles. The lowest BCUT2D eigenvalue weighted by molar-refractivity contribution is -0.140. The second-order valence-electron chi connectivity index (χ2n) is 3.93. The van der Waals surface area contributed by atoms with E-state index in [0.717, 1.165) is 6.07 Å². The van der Waals surface area contributed by atoms with E-state index < -0.39 is 23.1 Å². The van der Waals surface area contributed by atoms with Crippen LogP contribution in [0.25, 0.3) is 0 Å². The molecule has 0 amide bonds. The summed E-state index contributed by atoms with van der Waals surface area (Å²) in [6.07, 6.45) is -2.45. The Hall–Kier alpha value is -1.68. The molecule has 1 aromatic rings. The molecule has 90 valence electrons. The molecule has 1 aliphatic rings. The average Bonchev–Trinajstić information content (AvgIpc) is 2.98. The highest BCUT2D eigenvalue weighted by atomic mass is 19.4. The molecule has 0 unspecified atom stereocenters. The van der Waals surface area contributed by atoms with Crippen LogP contribution in [-0.2, 0) is 16.5 Å². The first kappa shape index (κ1) is 11.8. The molecular formula is C11H7F4NO. The minimum absolute atomic E-state index is 0.203. The molecule has 2 nitrogen and oxygen atoms in total. The molecule has 17 heavy (non-hydrogen) atoms. The molecule has 0 N–H and O–H groups in total. The Morgan fingerprint density at radius 3 is 2.41 bits per heavy atom. The summed E-state index contributed by atoms with van der Waals surface area (Å²) >= 11 is 0. The van der Waals surface area contributed by atoms with Gasteiger partial charge in [0.25, 0.3) is 0 Å². The predicted molar refractivity (Wildman–Crippen MR) is 50.4 cm³/mol. The Morgan fingerprint density at radius 1 is 1.29 bits per heavy atom. The van der Waals surface area contributed by atoms with Crippen LogP contribution in [0.15, 0.2) is 23.2 Å². The molecular weight excluding hydrogens is 238 g/mol. The van der Waals surface area contributed by atoms with Crippen LogP contribution in [0.5, 0.6) is 0 Å². The van der Waals surface area contributed by atoms with Gasteiger partial charge in [0.1, 0.15) is 5.82 Å². The smallest absolute Gasteiger partial charge is 0.211 e. The van der Waals surface area contributed by atoms with Gasteiger partial charge in [-0.05, 0) is 30.5 Å². The summed E-state index contributed by atoms with van der Waals surface area (Å²) in [5, 5.41) is 0. The van der Waals surface area contributed by atoms with Crippen molar-refractivity contribution in [2.24, 2.45) is 4.99 Å². The van der Waals surface area contributed by atoms with Gasteiger partial charge in [0.05, 0.1) is 11.1 Å². The Labute approximate surface area is 94.0 Å². The summed E-state index contributed by atoms with van der Waals surface area (Å²) in [7, 11) is 0. The van der Waals surface area contributed by atoms with E-state index in [4.69, 9.17) is 0 Å². The van der Waals surface area contributed by atoms with Gasteiger partial charge < -0.3 is 0 Å². The third-order valence-corrected chi connectivity index (χ3v) is 2.79. The molecule has 0 spiro atoms. The van der Waals surface area contributed by atoms with Crippen molar-refractivity contribution in [3.8, 4) is 0 Å². The zero-order valence-electron chi connectivity index (χ0n) is 8.51. The first-order chi connectivity index (χ1) is 7.89. The second kappa shape index (κ2) is 3.67. The highest BCUT2D eigenvalue weighted by Gasteiger charge is 2.46. The van der Waals surface area contributed by atoms with Crippen LogP contribution in [0.2, 0.25) is 0 Å². The fourth-order valence-corrected chi connectivity index (χ4v) is 1.70. The fraction of sp³-hybridized carbons (Fsp3) is 0.364. The van der Waals surface area contributed by atoms with Crippen molar-refractivity contribution < 1.29 is 22.4 Å². The van der Waals surface area contributed by atoms with Gasteiger partial charge in [-0.15, -0.1) is 0 Å². The van der Waals surface area contributed by atoms with Crippen LogP contribution in [0, 0.1) is 5.82 Å². The maximum Gasteiger partial charge on any atom is 0.419 e. The number of alkyl halides is 3. The molecule has 1 aromatic carbocycles. The minimum Gasteiger partial charge on any atom is -0.211 e. The number of carbonyl (C=O) groups excluding carboxylic acids is 1. The lowest BCUT2D eigenvalue weighted by Gasteiger charge is -2.13. The van der Waals surface area contributed by atoms with Crippen molar-refractivity contribution in [2.75, 3.05) is 0 Å². The maximum absolute atomic E-state index is 13.0. The summed E-state index contributed by atoms with van der Waals surface area (Å²) in [6, 6.07) is 2.68. The Kier molecular flexibility index (Phi) is 2.54. The highest BCUT2D eigenvalue weighted by molar-refractivity contribution is 5.42. The summed E-state index contributed by atoms with van der Waals surface area (Å²) in [4.78, 5) is 13.7. The maximum atomic E-state index is 13.0. The third-order valence-electron chi connectivity index (χ3n) is 2.79. The van der Waals surface area contributed by atoms with Gasteiger partial charge in [0.2, 0.25) is 6.08 Å². The van der Waals surface area contributed by atoms with Crippen LogP contribution < -0.4 is 0 Å². The topological polar surface area (TPSA) is 29.4 Å². The summed E-state index contributed by atoms with van der Waals surface area (Å²) in [5.41, 5.74) is -2.05. The van der Waals surface area contributed by atoms with Crippen molar-refractivity contribution in [1.29, 1.82) is 0 Å². The Bertz CT molecular complexity index is 499. The molecule has 0 heterocycles. The van der Waals surface area contributed by atoms with Crippen molar-refractivity contribution in [3.63, 3.8) is 0 Å². The van der Waals surface area contributed by atoms with Crippen LogP contribution >= 0.6 is 0 Å². The summed E-state index contributed by atoms with van der Waals surface area (Å²) in [6.45, 7) is 0. The molecule has 6 heteroatoms. The average molecular weight is 245 g/mol. The molecule has 0 aromatic heterocycles. The Morgan fingerprint density at radius 2 is 1.94 bits per heavy atom. The van der Waals surface area contributed by atoms with E-state index in [2.05, 4.69) is 4.99 Å². The zero-order valence-corrected chi connectivity index (χ0v) is 8.51. The number of hydrogen-bond donors (Lipinski definition) is 0. The number of benzene rings is 1. The van der Waals surface area contributed by atoms with Crippen LogP contribution in [0.3, 0.4) is 0 Å². The standard InChI is InChI=1S/C11H7F4NO/c12-9-2-1-7(5-8(9)11(13,14)15)10(3-4-10)16-6-17/h1-2,5H,3-4H2. The molecule has 0 radical (unpaired) electrons. The normalized spacial score (nSPS) is 17.4. The number of rotatable bonds is 2. The van der Waals surface area contributed by atoms with Gasteiger partial charge >= 0.3 is 6.18 Å². The number of halogens is 4. The van der Waals surface area contributed by atoms with E-state index in [-0.39, 0.29) is 5.56 Å². The number of aliphatic imine (C=N–C) groups is 1. The van der Waals surface area contributed by atoms with E-state index in [1.165, 1.54) is 12.1 Å². The predicted octanol–water partition coefficient (Wildman–Crippen LogP) is 3.17. The number of isocyanates is 1. The van der Waals surface area contributed by atoms with Crippen LogP contribution in [0.1, 0.15) is 24.0 Å². The molecule has 0 saturated heterocycles. The van der Waals surface area contributed by atoms with Gasteiger partial charge in [-0.25, -0.2) is 9.18 Å². The van der Waals surface area contributed by atoms with Gasteiger partial charge in [-0.2, -0.15) is 18.2 Å². The largest absolute Gasteiger partial charge is 0.419 e. The summed E-state index contributed by atoms with van der Waals surface area (Å²) in [5.74, 6) is -1.33. The fourth-order valence-electron chi connectivity index (χ4n) is 1.70. The van der Waals surface area contributed by atoms with Gasteiger partial charge in [-0.1, -0.05) is 6.07 Å². The molecule has 0 bridgehead atoms. The van der Waals surface area contributed by atoms with Crippen molar-refractivity contribution >= 4 is 6.08 Å². The van der Waals surface area contributed by atoms with Gasteiger partial charge in [-0.3, -0.25) is 0 Å². The number of nitrogens with zero attached hydrogens (tertiary/aromatic N) is 1. The van der Waals surface area contributed by atoms with E-state index in [1.54, 1.807) is 0 Å². The lowest BCUT2D eigenvalue weighted by atomic mass is 10.0. The van der Waals surface area contributed by atoms with E-state index in [0.29, 0.717) is 18.9 Å². The molecule has 0 atom stereocenters. The molecule has 1 aliphatic carbocycles. The van der Waals surface area contributed by atoms with Crippen molar-refractivity contribution in [3.05, 3.63) is 35.1 Å². The highest BCUT2D eigenvalue weighted by Crippen LogP contribution is 2.50. The van der Waals surface area contributed by atoms with Crippen LogP contribution in [-0.4, -0.2) is 6.08 Å². The SMILES string of the molecule is O=C=NC1(c2ccc(F)c(C(F)(F)F)c2)CC1. The molecule has 1 fully saturated rings. The zero-order chi connectivity index (χ0) is 12.7. The van der Waals surface area contributed by atoms with Crippen molar-refractivity contribution in [2.45, 2.75) is 24.6 Å². The second-order valence-corrected chi connectivity index (χ2v) is 3.93. The van der Waals surface area contributed by atoms with Gasteiger partial charge in [0, 0.05) is 0 Å². The first-order valence-corrected chi connectivity index (χ1v) is 4.85. The lowest BCUT2D eigenvalue weighted by Crippen LogP contribution is -2.11. The van der Waals surface area contributed by atoms with E-state index in [1.807, 2.05) is 0 Å². The van der Waals surface area contributed by atoms with Crippen LogP contribution in [0.4, 0.5) is 17.6 Å². The summed E-state index contributed by atoms with van der Waals surface area (Å²) < 4.78 is 50.5. The minimum atomic E-state index is -4.75. The third kappa shape index (κ3) is 2.08. The number of hydrogen-bond acceptors (Lipinski definition) is 2.